The first kappa shape index (κ1) is 12.9. The van der Waals surface area contributed by atoms with Crippen LogP contribution in [0, 0.1) is 10.1 Å². The van der Waals surface area contributed by atoms with Crippen LogP contribution in [0.1, 0.15) is 18.5 Å². The first-order valence-electron chi connectivity index (χ1n) is 6.00. The molecule has 1 atom stereocenters. The molecule has 1 aliphatic rings. The Morgan fingerprint density at radius 1 is 1.39 bits per heavy atom. The van der Waals surface area contributed by atoms with Crippen LogP contribution >= 0.6 is 0 Å². The molecular formula is C12H17N3O3. The lowest BCUT2D eigenvalue weighted by atomic mass is 10.1. The number of morpholine rings is 1. The molecule has 0 bridgehead atoms. The quantitative estimate of drug-likeness (QED) is 0.648. The fraction of sp³-hybridized carbons (Fsp3) is 0.500. The average molecular weight is 251 g/mol. The number of hydrogen-bond acceptors (Lipinski definition) is 5. The maximum absolute atomic E-state index is 11.0. The lowest BCUT2D eigenvalue weighted by molar-refractivity contribution is -0.385. The zero-order valence-electron chi connectivity index (χ0n) is 10.3. The van der Waals surface area contributed by atoms with Crippen LogP contribution in [0.15, 0.2) is 24.3 Å². The fourth-order valence-corrected chi connectivity index (χ4v) is 2.06. The van der Waals surface area contributed by atoms with E-state index in [1.165, 1.54) is 6.07 Å². The zero-order valence-corrected chi connectivity index (χ0v) is 10.3. The first-order chi connectivity index (χ1) is 8.68. The molecule has 0 aromatic heterocycles. The summed E-state index contributed by atoms with van der Waals surface area (Å²) in [6.45, 7) is 4.90. The van der Waals surface area contributed by atoms with E-state index in [1.807, 2.05) is 18.0 Å². The second-order valence-corrected chi connectivity index (χ2v) is 4.27. The predicted molar refractivity (Wildman–Crippen MR) is 67.0 cm³/mol. The molecule has 0 saturated carbocycles. The number of nitrogens with zero attached hydrogens (tertiary/aromatic N) is 2. The SMILES string of the molecule is CC(NN1CCOCC1)c1ccccc1[N+](=O)[O-]. The van der Waals surface area contributed by atoms with Crippen molar-refractivity contribution in [3.8, 4) is 0 Å². The molecule has 1 aromatic rings. The number of nitrogens with one attached hydrogen (secondary N) is 1. The summed E-state index contributed by atoms with van der Waals surface area (Å²) < 4.78 is 5.26. The summed E-state index contributed by atoms with van der Waals surface area (Å²) >= 11 is 0. The van der Waals surface area contributed by atoms with Crippen molar-refractivity contribution in [2.45, 2.75) is 13.0 Å². The third-order valence-electron chi connectivity index (χ3n) is 2.99. The minimum atomic E-state index is -0.340. The van der Waals surface area contributed by atoms with Gasteiger partial charge in [-0.05, 0) is 6.92 Å². The molecule has 1 fully saturated rings. The van der Waals surface area contributed by atoms with Gasteiger partial charge in [-0.25, -0.2) is 10.4 Å². The van der Waals surface area contributed by atoms with Crippen LogP contribution in [0.25, 0.3) is 0 Å². The minimum absolute atomic E-state index is 0.0929. The van der Waals surface area contributed by atoms with Crippen LogP contribution in [0.3, 0.4) is 0 Å². The van der Waals surface area contributed by atoms with Gasteiger partial charge in [0, 0.05) is 24.7 Å². The van der Waals surface area contributed by atoms with E-state index in [4.69, 9.17) is 4.74 Å². The third kappa shape index (κ3) is 3.04. The summed E-state index contributed by atoms with van der Waals surface area (Å²) in [6.07, 6.45) is 0. The summed E-state index contributed by atoms with van der Waals surface area (Å²) in [5, 5.41) is 13.0. The molecule has 1 unspecified atom stereocenters. The molecule has 0 amide bonds. The number of benzene rings is 1. The van der Waals surface area contributed by atoms with Gasteiger partial charge in [-0.2, -0.15) is 0 Å². The van der Waals surface area contributed by atoms with Crippen molar-refractivity contribution in [2.24, 2.45) is 0 Å². The van der Waals surface area contributed by atoms with Crippen molar-refractivity contribution in [1.82, 2.24) is 10.4 Å². The van der Waals surface area contributed by atoms with Crippen molar-refractivity contribution in [2.75, 3.05) is 26.3 Å². The van der Waals surface area contributed by atoms with Crippen molar-refractivity contribution in [1.29, 1.82) is 0 Å². The van der Waals surface area contributed by atoms with E-state index < -0.39 is 0 Å². The second kappa shape index (κ2) is 5.90. The maximum Gasteiger partial charge on any atom is 0.274 e. The van der Waals surface area contributed by atoms with Crippen LogP contribution in [-0.2, 0) is 4.74 Å². The van der Waals surface area contributed by atoms with Gasteiger partial charge in [-0.15, -0.1) is 0 Å². The van der Waals surface area contributed by atoms with Crippen molar-refractivity contribution < 1.29 is 9.66 Å². The molecule has 1 heterocycles. The highest BCUT2D eigenvalue weighted by molar-refractivity contribution is 5.41. The van der Waals surface area contributed by atoms with E-state index >= 15 is 0 Å². The highest BCUT2D eigenvalue weighted by Gasteiger charge is 2.20. The van der Waals surface area contributed by atoms with Crippen LogP contribution in [-0.4, -0.2) is 36.2 Å². The average Bonchev–Trinajstić information content (AvgIpc) is 2.40. The summed E-state index contributed by atoms with van der Waals surface area (Å²) in [7, 11) is 0. The molecule has 0 spiro atoms. The van der Waals surface area contributed by atoms with Gasteiger partial charge in [0.1, 0.15) is 0 Å². The van der Waals surface area contributed by atoms with E-state index in [9.17, 15) is 10.1 Å². The van der Waals surface area contributed by atoms with Gasteiger partial charge in [0.25, 0.3) is 5.69 Å². The third-order valence-corrected chi connectivity index (χ3v) is 2.99. The van der Waals surface area contributed by atoms with Crippen LogP contribution in [0.2, 0.25) is 0 Å². The lowest BCUT2D eigenvalue weighted by Gasteiger charge is -2.30. The van der Waals surface area contributed by atoms with E-state index in [-0.39, 0.29) is 16.7 Å². The molecule has 1 saturated heterocycles. The molecule has 18 heavy (non-hydrogen) atoms. The fourth-order valence-electron chi connectivity index (χ4n) is 2.06. The Morgan fingerprint density at radius 3 is 2.72 bits per heavy atom. The van der Waals surface area contributed by atoms with Gasteiger partial charge < -0.3 is 4.74 Å². The van der Waals surface area contributed by atoms with Gasteiger partial charge in [0.2, 0.25) is 0 Å². The van der Waals surface area contributed by atoms with Crippen LogP contribution in [0.5, 0.6) is 0 Å². The number of ether oxygens (including phenoxy) is 1. The molecule has 0 radical (unpaired) electrons. The zero-order chi connectivity index (χ0) is 13.0. The van der Waals surface area contributed by atoms with Crippen LogP contribution in [0.4, 0.5) is 5.69 Å². The Morgan fingerprint density at radius 2 is 2.06 bits per heavy atom. The minimum Gasteiger partial charge on any atom is -0.379 e. The summed E-state index contributed by atoms with van der Waals surface area (Å²) in [6, 6.07) is 6.73. The predicted octanol–water partition coefficient (Wildman–Crippen LogP) is 1.49. The standard InChI is InChI=1S/C12H17N3O3/c1-10(13-14-6-8-18-9-7-14)11-4-2-3-5-12(11)15(16)17/h2-5,10,13H,6-9H2,1H3. The van der Waals surface area contributed by atoms with Crippen molar-refractivity contribution in [3.63, 3.8) is 0 Å². The van der Waals surface area contributed by atoms with Crippen molar-refractivity contribution >= 4 is 5.69 Å². The van der Waals surface area contributed by atoms with E-state index in [1.54, 1.807) is 12.1 Å². The monoisotopic (exact) mass is 251 g/mol. The van der Waals surface area contributed by atoms with Gasteiger partial charge in [-0.3, -0.25) is 10.1 Å². The molecule has 0 aliphatic carbocycles. The summed E-state index contributed by atoms with van der Waals surface area (Å²) in [4.78, 5) is 10.6. The van der Waals surface area contributed by atoms with Crippen molar-refractivity contribution in [3.05, 3.63) is 39.9 Å². The number of nitro benzene ring substituents is 1. The molecule has 6 nitrogen and oxygen atoms in total. The van der Waals surface area contributed by atoms with E-state index in [0.717, 1.165) is 13.1 Å². The largest absolute Gasteiger partial charge is 0.379 e. The maximum atomic E-state index is 11.0. The Hall–Kier alpha value is -1.50. The number of hydrazine groups is 1. The summed E-state index contributed by atoms with van der Waals surface area (Å²) in [5.41, 5.74) is 4.14. The van der Waals surface area contributed by atoms with Gasteiger partial charge in [0.05, 0.1) is 24.2 Å². The first-order valence-corrected chi connectivity index (χ1v) is 6.00. The Labute approximate surface area is 106 Å². The molecule has 1 aliphatic heterocycles. The summed E-state index contributed by atoms with van der Waals surface area (Å²) in [5.74, 6) is 0. The van der Waals surface area contributed by atoms with E-state index in [0.29, 0.717) is 18.8 Å². The Kier molecular flexibility index (Phi) is 4.24. The van der Waals surface area contributed by atoms with E-state index in [2.05, 4.69) is 5.43 Å². The van der Waals surface area contributed by atoms with Gasteiger partial charge >= 0.3 is 0 Å². The smallest absolute Gasteiger partial charge is 0.274 e. The molecule has 6 heteroatoms. The number of hydrogen-bond donors (Lipinski definition) is 1. The number of nitro groups is 1. The molecule has 1 aromatic carbocycles. The normalized spacial score (nSPS) is 18.5. The van der Waals surface area contributed by atoms with Crippen LogP contribution < -0.4 is 5.43 Å². The molecule has 2 rings (SSSR count). The Balaban J connectivity index is 2.08. The highest BCUT2D eigenvalue weighted by Crippen LogP contribution is 2.24. The molecule has 98 valence electrons. The van der Waals surface area contributed by atoms with Gasteiger partial charge in [-0.1, -0.05) is 18.2 Å². The molecule has 1 N–H and O–H groups in total. The number of para-hydroxylation sites is 1. The second-order valence-electron chi connectivity index (χ2n) is 4.27. The molecular weight excluding hydrogens is 234 g/mol. The highest BCUT2D eigenvalue weighted by atomic mass is 16.6. The topological polar surface area (TPSA) is 67.6 Å². The lowest BCUT2D eigenvalue weighted by Crippen LogP contribution is -2.46. The van der Waals surface area contributed by atoms with Gasteiger partial charge in [0.15, 0.2) is 0 Å². The number of rotatable bonds is 4. The Bertz CT molecular complexity index is 419.